The van der Waals surface area contributed by atoms with Crippen molar-refractivity contribution in [2.75, 3.05) is 32.7 Å². The molecule has 1 atom stereocenters. The van der Waals surface area contributed by atoms with Crippen LogP contribution >= 0.6 is 0 Å². The molecule has 0 aromatic heterocycles. The summed E-state index contributed by atoms with van der Waals surface area (Å²) >= 11 is 0. The van der Waals surface area contributed by atoms with Gasteiger partial charge in [0, 0.05) is 37.8 Å². The Labute approximate surface area is 171 Å². The van der Waals surface area contributed by atoms with Gasteiger partial charge in [-0.3, -0.25) is 9.80 Å². The van der Waals surface area contributed by atoms with E-state index in [0.717, 1.165) is 12.1 Å². The van der Waals surface area contributed by atoms with Crippen molar-refractivity contribution in [2.24, 2.45) is 5.41 Å². The van der Waals surface area contributed by atoms with Crippen LogP contribution in [0, 0.1) is 5.41 Å². The molecular weight excluding hydrogens is 342 g/mol. The Morgan fingerprint density at radius 1 is 1.00 bits per heavy atom. The molecule has 0 bridgehead atoms. The lowest BCUT2D eigenvalue weighted by molar-refractivity contribution is -0.0743. The second kappa shape index (κ2) is 7.74. The zero-order valence-electron chi connectivity index (χ0n) is 18.0. The molecule has 28 heavy (non-hydrogen) atoms. The Morgan fingerprint density at radius 2 is 1.75 bits per heavy atom. The predicted molar refractivity (Wildman–Crippen MR) is 117 cm³/mol. The lowest BCUT2D eigenvalue weighted by Crippen LogP contribution is -2.61. The molecule has 3 heteroatoms. The minimum atomic E-state index is 0.594. The molecule has 5 rings (SSSR count). The molecular formula is C25H39N3. The SMILES string of the molecule is CC(C)c1ccccc1C1CN(C2CCC2)CCN1C1CC2(CCNCC2)C1. The number of benzene rings is 1. The van der Waals surface area contributed by atoms with Crippen LogP contribution in [0.3, 0.4) is 0 Å². The van der Waals surface area contributed by atoms with Crippen molar-refractivity contribution >= 4 is 0 Å². The Kier molecular flexibility index (Phi) is 5.27. The van der Waals surface area contributed by atoms with Gasteiger partial charge in [0.2, 0.25) is 0 Å². The van der Waals surface area contributed by atoms with Crippen LogP contribution in [-0.2, 0) is 0 Å². The molecule has 1 spiro atoms. The second-order valence-electron chi connectivity index (χ2n) is 10.4. The monoisotopic (exact) mass is 381 g/mol. The first-order valence-corrected chi connectivity index (χ1v) is 11.9. The van der Waals surface area contributed by atoms with Crippen LogP contribution in [0.1, 0.15) is 81.9 Å². The Morgan fingerprint density at radius 3 is 2.43 bits per heavy atom. The largest absolute Gasteiger partial charge is 0.317 e. The maximum Gasteiger partial charge on any atom is 0.0481 e. The zero-order valence-corrected chi connectivity index (χ0v) is 18.0. The van der Waals surface area contributed by atoms with Crippen molar-refractivity contribution in [3.63, 3.8) is 0 Å². The van der Waals surface area contributed by atoms with E-state index in [0.29, 0.717) is 17.4 Å². The third-order valence-corrected chi connectivity index (χ3v) is 8.49. The van der Waals surface area contributed by atoms with Gasteiger partial charge < -0.3 is 5.32 Å². The summed E-state index contributed by atoms with van der Waals surface area (Å²) in [6.45, 7) is 11.0. The third kappa shape index (κ3) is 3.44. The first-order chi connectivity index (χ1) is 13.7. The van der Waals surface area contributed by atoms with E-state index in [1.165, 1.54) is 77.7 Å². The first kappa shape index (κ1) is 19.1. The summed E-state index contributed by atoms with van der Waals surface area (Å²) in [6.07, 6.45) is 9.99. The number of hydrogen-bond acceptors (Lipinski definition) is 3. The average Bonchev–Trinajstić information content (AvgIpc) is 2.65. The van der Waals surface area contributed by atoms with Crippen LogP contribution in [0.5, 0.6) is 0 Å². The molecule has 1 N–H and O–H groups in total. The van der Waals surface area contributed by atoms with E-state index in [4.69, 9.17) is 0 Å². The normalized spacial score (nSPS) is 29.8. The van der Waals surface area contributed by atoms with Gasteiger partial charge >= 0.3 is 0 Å². The van der Waals surface area contributed by atoms with Crippen LogP contribution in [0.4, 0.5) is 0 Å². The van der Waals surface area contributed by atoms with E-state index >= 15 is 0 Å². The maximum atomic E-state index is 3.57. The smallest absolute Gasteiger partial charge is 0.0481 e. The third-order valence-electron chi connectivity index (χ3n) is 8.49. The molecule has 0 radical (unpaired) electrons. The van der Waals surface area contributed by atoms with Crippen molar-refractivity contribution in [1.82, 2.24) is 15.1 Å². The van der Waals surface area contributed by atoms with E-state index in [9.17, 15) is 0 Å². The summed E-state index contributed by atoms with van der Waals surface area (Å²) in [5.41, 5.74) is 3.86. The molecule has 4 fully saturated rings. The molecule has 1 aromatic carbocycles. The molecule has 2 saturated carbocycles. The number of piperidine rings is 1. The fraction of sp³-hybridized carbons (Fsp3) is 0.760. The van der Waals surface area contributed by atoms with E-state index < -0.39 is 0 Å². The summed E-state index contributed by atoms with van der Waals surface area (Å²) in [4.78, 5) is 5.77. The topological polar surface area (TPSA) is 18.5 Å². The van der Waals surface area contributed by atoms with Gasteiger partial charge in [-0.25, -0.2) is 0 Å². The summed E-state index contributed by atoms with van der Waals surface area (Å²) < 4.78 is 0. The van der Waals surface area contributed by atoms with Gasteiger partial charge in [-0.2, -0.15) is 0 Å². The molecule has 2 heterocycles. The van der Waals surface area contributed by atoms with Crippen LogP contribution in [0.15, 0.2) is 24.3 Å². The molecule has 154 valence electrons. The Balaban J connectivity index is 1.38. The molecule has 2 aliphatic heterocycles. The van der Waals surface area contributed by atoms with Gasteiger partial charge in [0.25, 0.3) is 0 Å². The molecule has 2 saturated heterocycles. The van der Waals surface area contributed by atoms with Crippen molar-refractivity contribution in [3.05, 3.63) is 35.4 Å². The molecule has 2 aliphatic carbocycles. The lowest BCUT2D eigenvalue weighted by Gasteiger charge is -2.58. The van der Waals surface area contributed by atoms with Gasteiger partial charge in [0.05, 0.1) is 0 Å². The molecule has 4 aliphatic rings. The van der Waals surface area contributed by atoms with Gasteiger partial charge in [0.15, 0.2) is 0 Å². The highest BCUT2D eigenvalue weighted by molar-refractivity contribution is 5.33. The summed E-state index contributed by atoms with van der Waals surface area (Å²) in [7, 11) is 0. The Bertz CT molecular complexity index is 666. The number of nitrogens with zero attached hydrogens (tertiary/aromatic N) is 2. The van der Waals surface area contributed by atoms with Crippen LogP contribution < -0.4 is 5.32 Å². The summed E-state index contributed by atoms with van der Waals surface area (Å²) in [6, 6.07) is 11.6. The molecule has 1 unspecified atom stereocenters. The number of rotatable bonds is 4. The fourth-order valence-electron chi connectivity index (χ4n) is 6.50. The van der Waals surface area contributed by atoms with E-state index in [1.54, 1.807) is 11.1 Å². The summed E-state index contributed by atoms with van der Waals surface area (Å²) in [5.74, 6) is 0.606. The number of piperazine rings is 1. The van der Waals surface area contributed by atoms with E-state index in [2.05, 4.69) is 53.2 Å². The predicted octanol–water partition coefficient (Wildman–Crippen LogP) is 4.55. The average molecular weight is 382 g/mol. The van der Waals surface area contributed by atoms with Crippen LogP contribution in [0.25, 0.3) is 0 Å². The van der Waals surface area contributed by atoms with Crippen LogP contribution in [-0.4, -0.2) is 54.6 Å². The minimum Gasteiger partial charge on any atom is -0.317 e. The molecule has 1 aromatic rings. The number of nitrogens with one attached hydrogen (secondary N) is 1. The second-order valence-corrected chi connectivity index (χ2v) is 10.4. The highest BCUT2D eigenvalue weighted by Crippen LogP contribution is 2.52. The van der Waals surface area contributed by atoms with Crippen molar-refractivity contribution in [2.45, 2.75) is 82.8 Å². The minimum absolute atomic E-state index is 0.594. The van der Waals surface area contributed by atoms with E-state index in [-0.39, 0.29) is 0 Å². The van der Waals surface area contributed by atoms with Gasteiger partial charge in [-0.15, -0.1) is 0 Å². The van der Waals surface area contributed by atoms with Gasteiger partial charge in [0.1, 0.15) is 0 Å². The Hall–Kier alpha value is -0.900. The van der Waals surface area contributed by atoms with Gasteiger partial charge in [-0.05, 0) is 74.1 Å². The highest BCUT2D eigenvalue weighted by Gasteiger charge is 2.49. The van der Waals surface area contributed by atoms with Gasteiger partial charge in [-0.1, -0.05) is 44.5 Å². The maximum absolute atomic E-state index is 3.57. The first-order valence-electron chi connectivity index (χ1n) is 11.9. The van der Waals surface area contributed by atoms with Crippen LogP contribution in [0.2, 0.25) is 0 Å². The molecule has 3 nitrogen and oxygen atoms in total. The van der Waals surface area contributed by atoms with E-state index in [1.807, 2.05) is 0 Å². The van der Waals surface area contributed by atoms with Crippen molar-refractivity contribution in [3.8, 4) is 0 Å². The standard InChI is InChI=1S/C25H39N3/c1-19(2)22-8-3-4-9-23(22)24-18-27(20-6-5-7-20)14-15-28(24)21-16-25(17-21)10-12-26-13-11-25/h3-4,8-9,19-21,24,26H,5-7,10-18H2,1-2H3. The highest BCUT2D eigenvalue weighted by atomic mass is 15.3. The quantitative estimate of drug-likeness (QED) is 0.825. The zero-order chi connectivity index (χ0) is 19.1. The van der Waals surface area contributed by atoms with Crippen molar-refractivity contribution in [1.29, 1.82) is 0 Å². The lowest BCUT2D eigenvalue weighted by atomic mass is 9.60. The number of hydrogen-bond donors (Lipinski definition) is 1. The summed E-state index contributed by atoms with van der Waals surface area (Å²) in [5, 5.41) is 3.57. The fourth-order valence-corrected chi connectivity index (χ4v) is 6.50. The van der Waals surface area contributed by atoms with Crippen molar-refractivity contribution < 1.29 is 0 Å². The molecule has 0 amide bonds.